The molecule has 0 aliphatic carbocycles. The summed E-state index contributed by atoms with van der Waals surface area (Å²) in [5, 5.41) is 9.45. The number of piperazine rings is 1. The summed E-state index contributed by atoms with van der Waals surface area (Å²) in [5.74, 6) is 0. The van der Waals surface area contributed by atoms with E-state index in [4.69, 9.17) is 0 Å². The summed E-state index contributed by atoms with van der Waals surface area (Å²) in [7, 11) is 2.10. The summed E-state index contributed by atoms with van der Waals surface area (Å²) in [6.07, 6.45) is 0. The summed E-state index contributed by atoms with van der Waals surface area (Å²) in [6.45, 7) is 7.66. The molecule has 1 aromatic carbocycles. The molecular formula is C15H24N2O. The minimum absolute atomic E-state index is 0.149. The molecule has 1 heterocycles. The SMILES string of the molecule is CN1CC(C)(C)N(Cc2ccccc2)CC1CO. The van der Waals surface area contributed by atoms with Crippen molar-refractivity contribution in [1.82, 2.24) is 9.80 Å². The van der Waals surface area contributed by atoms with Crippen LogP contribution in [0.1, 0.15) is 19.4 Å². The van der Waals surface area contributed by atoms with Crippen LogP contribution in [0.4, 0.5) is 0 Å². The Morgan fingerprint density at radius 3 is 2.56 bits per heavy atom. The Labute approximate surface area is 110 Å². The molecule has 1 N–H and O–H groups in total. The first-order valence-electron chi connectivity index (χ1n) is 6.63. The second-order valence-corrected chi connectivity index (χ2v) is 5.93. The second-order valence-electron chi connectivity index (χ2n) is 5.93. The van der Waals surface area contributed by atoms with Gasteiger partial charge in [0.15, 0.2) is 0 Å². The molecule has 0 radical (unpaired) electrons. The van der Waals surface area contributed by atoms with Crippen LogP contribution in [0.3, 0.4) is 0 Å². The number of hydrogen-bond acceptors (Lipinski definition) is 3. The summed E-state index contributed by atoms with van der Waals surface area (Å²) in [4.78, 5) is 4.74. The fourth-order valence-corrected chi connectivity index (χ4v) is 2.76. The Hall–Kier alpha value is -0.900. The van der Waals surface area contributed by atoms with Crippen molar-refractivity contribution in [3.63, 3.8) is 0 Å². The third-order valence-electron chi connectivity index (χ3n) is 3.97. The highest BCUT2D eigenvalue weighted by atomic mass is 16.3. The summed E-state index contributed by atoms with van der Waals surface area (Å²) < 4.78 is 0. The average molecular weight is 248 g/mol. The lowest BCUT2D eigenvalue weighted by atomic mass is 9.95. The first kappa shape index (κ1) is 13.5. The van der Waals surface area contributed by atoms with E-state index < -0.39 is 0 Å². The molecule has 1 aliphatic heterocycles. The topological polar surface area (TPSA) is 26.7 Å². The lowest BCUT2D eigenvalue weighted by molar-refractivity contribution is -0.0269. The number of rotatable bonds is 3. The van der Waals surface area contributed by atoms with Crippen LogP contribution in [0, 0.1) is 0 Å². The van der Waals surface area contributed by atoms with Gasteiger partial charge in [-0.1, -0.05) is 30.3 Å². The summed E-state index contributed by atoms with van der Waals surface area (Å²) in [5.41, 5.74) is 1.49. The molecule has 3 nitrogen and oxygen atoms in total. The Balaban J connectivity index is 2.10. The van der Waals surface area contributed by atoms with E-state index in [1.54, 1.807) is 0 Å². The van der Waals surface area contributed by atoms with Gasteiger partial charge in [0.1, 0.15) is 0 Å². The van der Waals surface area contributed by atoms with Gasteiger partial charge in [0.2, 0.25) is 0 Å². The normalized spacial score (nSPS) is 25.2. The van der Waals surface area contributed by atoms with E-state index in [0.29, 0.717) is 0 Å². The Morgan fingerprint density at radius 2 is 1.94 bits per heavy atom. The zero-order valence-corrected chi connectivity index (χ0v) is 11.6. The van der Waals surface area contributed by atoms with Crippen LogP contribution in [-0.4, -0.2) is 53.2 Å². The standard InChI is InChI=1S/C15H24N2O/c1-15(2)12-16(3)14(11-18)10-17(15)9-13-7-5-4-6-8-13/h4-8,14,18H,9-12H2,1-3H3. The van der Waals surface area contributed by atoms with E-state index in [1.807, 2.05) is 0 Å². The molecule has 1 unspecified atom stereocenters. The first-order valence-corrected chi connectivity index (χ1v) is 6.63. The molecule has 0 saturated carbocycles. The van der Waals surface area contributed by atoms with Crippen molar-refractivity contribution in [2.75, 3.05) is 26.7 Å². The Kier molecular flexibility index (Phi) is 4.05. The maximum absolute atomic E-state index is 9.45. The molecule has 1 fully saturated rings. The highest BCUT2D eigenvalue weighted by molar-refractivity contribution is 5.15. The van der Waals surface area contributed by atoms with Crippen LogP contribution in [-0.2, 0) is 6.54 Å². The van der Waals surface area contributed by atoms with Crippen LogP contribution in [0.15, 0.2) is 30.3 Å². The van der Waals surface area contributed by atoms with Gasteiger partial charge in [-0.2, -0.15) is 0 Å². The van der Waals surface area contributed by atoms with Crippen LogP contribution < -0.4 is 0 Å². The van der Waals surface area contributed by atoms with Gasteiger partial charge in [0.05, 0.1) is 6.61 Å². The number of hydrogen-bond donors (Lipinski definition) is 1. The van der Waals surface area contributed by atoms with Crippen LogP contribution in [0.5, 0.6) is 0 Å². The zero-order chi connectivity index (χ0) is 13.2. The van der Waals surface area contributed by atoms with Crippen LogP contribution in [0.25, 0.3) is 0 Å². The minimum atomic E-state index is 0.149. The molecule has 1 saturated heterocycles. The van der Waals surface area contributed by atoms with Crippen molar-refractivity contribution < 1.29 is 5.11 Å². The molecule has 18 heavy (non-hydrogen) atoms. The smallest absolute Gasteiger partial charge is 0.0599 e. The number of aliphatic hydroxyl groups is 1. The minimum Gasteiger partial charge on any atom is -0.395 e. The van der Waals surface area contributed by atoms with E-state index in [2.05, 4.69) is 61.0 Å². The lowest BCUT2D eigenvalue weighted by Crippen LogP contribution is -2.62. The number of nitrogens with zero attached hydrogens (tertiary/aromatic N) is 2. The van der Waals surface area contributed by atoms with Crippen molar-refractivity contribution in [1.29, 1.82) is 0 Å². The van der Waals surface area contributed by atoms with Gasteiger partial charge in [0, 0.05) is 31.2 Å². The Morgan fingerprint density at radius 1 is 1.28 bits per heavy atom. The second kappa shape index (κ2) is 5.39. The van der Waals surface area contributed by atoms with E-state index in [1.165, 1.54) is 5.56 Å². The van der Waals surface area contributed by atoms with Gasteiger partial charge in [-0.15, -0.1) is 0 Å². The molecular weight excluding hydrogens is 224 g/mol. The van der Waals surface area contributed by atoms with Crippen LogP contribution in [0.2, 0.25) is 0 Å². The van der Waals surface area contributed by atoms with Crippen molar-refractivity contribution in [3.05, 3.63) is 35.9 Å². The molecule has 1 aliphatic rings. The maximum atomic E-state index is 9.45. The van der Waals surface area contributed by atoms with E-state index in [0.717, 1.165) is 19.6 Å². The molecule has 1 aromatic rings. The number of aliphatic hydroxyl groups excluding tert-OH is 1. The highest BCUT2D eigenvalue weighted by Gasteiger charge is 2.36. The first-order chi connectivity index (χ1) is 8.53. The molecule has 1 atom stereocenters. The van der Waals surface area contributed by atoms with Gasteiger partial charge in [0.25, 0.3) is 0 Å². The number of benzene rings is 1. The molecule has 0 bridgehead atoms. The predicted octanol–water partition coefficient (Wildman–Crippen LogP) is 1.57. The number of likely N-dealkylation sites (N-methyl/N-ethyl adjacent to an activating group) is 1. The highest BCUT2D eigenvalue weighted by Crippen LogP contribution is 2.25. The Bertz CT molecular complexity index is 377. The van der Waals surface area contributed by atoms with Crippen LogP contribution >= 0.6 is 0 Å². The molecule has 100 valence electrons. The van der Waals surface area contributed by atoms with Gasteiger partial charge < -0.3 is 5.11 Å². The molecule has 0 aromatic heterocycles. The van der Waals surface area contributed by atoms with Gasteiger partial charge in [-0.05, 0) is 26.5 Å². The van der Waals surface area contributed by atoms with E-state index in [9.17, 15) is 5.11 Å². The van der Waals surface area contributed by atoms with E-state index >= 15 is 0 Å². The molecule has 0 amide bonds. The maximum Gasteiger partial charge on any atom is 0.0599 e. The van der Waals surface area contributed by atoms with Crippen molar-refractivity contribution in [3.8, 4) is 0 Å². The lowest BCUT2D eigenvalue weighted by Gasteiger charge is -2.49. The van der Waals surface area contributed by atoms with E-state index in [-0.39, 0.29) is 18.2 Å². The predicted molar refractivity (Wildman–Crippen MR) is 74.4 cm³/mol. The quantitative estimate of drug-likeness (QED) is 0.879. The average Bonchev–Trinajstić information content (AvgIpc) is 2.33. The molecule has 2 rings (SSSR count). The third kappa shape index (κ3) is 2.91. The molecule has 3 heteroatoms. The summed E-state index contributed by atoms with van der Waals surface area (Å²) >= 11 is 0. The zero-order valence-electron chi connectivity index (χ0n) is 11.6. The summed E-state index contributed by atoms with van der Waals surface area (Å²) in [6, 6.07) is 10.8. The van der Waals surface area contributed by atoms with Gasteiger partial charge >= 0.3 is 0 Å². The van der Waals surface area contributed by atoms with Crippen molar-refractivity contribution >= 4 is 0 Å². The fraction of sp³-hybridized carbons (Fsp3) is 0.600. The van der Waals surface area contributed by atoms with Gasteiger partial charge in [-0.3, -0.25) is 9.80 Å². The van der Waals surface area contributed by atoms with Gasteiger partial charge in [-0.25, -0.2) is 0 Å². The third-order valence-corrected chi connectivity index (χ3v) is 3.97. The van der Waals surface area contributed by atoms with Crippen molar-refractivity contribution in [2.24, 2.45) is 0 Å². The fourth-order valence-electron chi connectivity index (χ4n) is 2.76. The monoisotopic (exact) mass is 248 g/mol. The van der Waals surface area contributed by atoms with Crippen molar-refractivity contribution in [2.45, 2.75) is 32.0 Å². The molecule has 0 spiro atoms. The largest absolute Gasteiger partial charge is 0.395 e.